The normalized spacial score (nSPS) is 13.5. The molecule has 0 aliphatic carbocycles. The van der Waals surface area contributed by atoms with E-state index in [1.54, 1.807) is 65.0 Å². The van der Waals surface area contributed by atoms with Gasteiger partial charge < -0.3 is 31.1 Å². The van der Waals surface area contributed by atoms with Gasteiger partial charge >= 0.3 is 6.09 Å². The number of para-hydroxylation sites is 2. The monoisotopic (exact) mass is 554 g/mol. The molecule has 0 heterocycles. The number of amides is 4. The molecule has 0 bridgehead atoms. The topological polar surface area (TPSA) is 151 Å². The number of ether oxygens (including phenoxy) is 1. The maximum absolute atomic E-state index is 14.2. The van der Waals surface area contributed by atoms with Crippen LogP contribution in [0.25, 0.3) is 0 Å². The molecule has 2 aromatic carbocycles. The van der Waals surface area contributed by atoms with Crippen LogP contribution in [0.1, 0.15) is 76.6 Å². The second-order valence-corrected chi connectivity index (χ2v) is 10.9. The van der Waals surface area contributed by atoms with Crippen molar-refractivity contribution < 1.29 is 29.0 Å². The van der Waals surface area contributed by atoms with E-state index in [9.17, 15) is 24.3 Å². The predicted molar refractivity (Wildman–Crippen MR) is 154 cm³/mol. The fourth-order valence-corrected chi connectivity index (χ4v) is 4.20. The predicted octanol–water partition coefficient (Wildman–Crippen LogP) is 4.47. The van der Waals surface area contributed by atoms with Crippen LogP contribution in [0.4, 0.5) is 10.5 Å². The molecule has 0 saturated carbocycles. The van der Waals surface area contributed by atoms with Crippen molar-refractivity contribution in [3.05, 3.63) is 59.2 Å². The Labute approximate surface area is 236 Å². The Morgan fingerprint density at radius 3 is 2.23 bits per heavy atom. The van der Waals surface area contributed by atoms with Crippen LogP contribution in [0.5, 0.6) is 5.75 Å². The van der Waals surface area contributed by atoms with Crippen molar-refractivity contribution in [2.75, 3.05) is 5.32 Å². The zero-order valence-electron chi connectivity index (χ0n) is 24.4. The lowest BCUT2D eigenvalue weighted by Crippen LogP contribution is -2.55. The second-order valence-electron chi connectivity index (χ2n) is 10.9. The van der Waals surface area contributed by atoms with Crippen molar-refractivity contribution in [3.63, 3.8) is 0 Å². The molecule has 3 atom stereocenters. The minimum atomic E-state index is -1.27. The van der Waals surface area contributed by atoms with Crippen LogP contribution < -0.4 is 16.4 Å². The third-order valence-electron chi connectivity index (χ3n) is 6.48. The molecule has 0 aliphatic rings. The molecule has 2 rings (SSSR count). The van der Waals surface area contributed by atoms with Gasteiger partial charge in [-0.2, -0.15) is 0 Å². The Hall–Kier alpha value is -4.08. The van der Waals surface area contributed by atoms with E-state index >= 15 is 0 Å². The van der Waals surface area contributed by atoms with Gasteiger partial charge in [-0.1, -0.05) is 43.3 Å². The first kappa shape index (κ1) is 32.1. The van der Waals surface area contributed by atoms with E-state index in [0.29, 0.717) is 17.7 Å². The largest absolute Gasteiger partial charge is 0.507 e. The average molecular weight is 555 g/mol. The van der Waals surface area contributed by atoms with Crippen LogP contribution in [0.3, 0.4) is 0 Å². The van der Waals surface area contributed by atoms with Crippen LogP contribution in [0.15, 0.2) is 42.5 Å². The lowest BCUT2D eigenvalue weighted by molar-refractivity contribution is -0.143. The molecule has 4 amide bonds. The van der Waals surface area contributed by atoms with Crippen molar-refractivity contribution in [2.45, 2.75) is 91.5 Å². The molecule has 0 saturated heterocycles. The number of hydrogen-bond acceptors (Lipinski definition) is 6. The first-order valence-corrected chi connectivity index (χ1v) is 13.4. The standard InChI is InChI=1S/C30H42N4O6/c1-8-20(4)34(28(38)23(16-17-24(31)35)33-29(39)40-30(5,6)7)25(21-14-11-13-19(3)26(21)36)27(37)32-22-15-10-9-12-18(22)2/h9-15,20,23,25,36H,8,16-17H2,1-7H3,(H2,31,35)(H,32,37)(H,33,39). The first-order valence-electron chi connectivity index (χ1n) is 13.4. The van der Waals surface area contributed by atoms with E-state index in [2.05, 4.69) is 10.6 Å². The SMILES string of the molecule is CCC(C)N(C(=O)C(CCC(N)=O)NC(=O)OC(C)(C)C)C(C(=O)Nc1ccccc1C)c1cccc(C)c1O. The summed E-state index contributed by atoms with van der Waals surface area (Å²) in [5.74, 6) is -1.94. The number of anilines is 1. The van der Waals surface area contributed by atoms with Gasteiger partial charge in [-0.05, 0) is 71.6 Å². The number of rotatable bonds is 11. The maximum Gasteiger partial charge on any atom is 0.408 e. The minimum Gasteiger partial charge on any atom is -0.507 e. The van der Waals surface area contributed by atoms with Gasteiger partial charge in [0.05, 0.1) is 0 Å². The number of hydrogen-bond donors (Lipinski definition) is 4. The van der Waals surface area contributed by atoms with Gasteiger partial charge in [0, 0.05) is 23.7 Å². The smallest absolute Gasteiger partial charge is 0.408 e. The van der Waals surface area contributed by atoms with Gasteiger partial charge in [0.25, 0.3) is 5.91 Å². The number of phenols is 1. The van der Waals surface area contributed by atoms with Crippen molar-refractivity contribution in [3.8, 4) is 5.75 Å². The molecule has 40 heavy (non-hydrogen) atoms. The number of carbonyl (C=O) groups is 4. The van der Waals surface area contributed by atoms with E-state index in [1.165, 1.54) is 4.90 Å². The summed E-state index contributed by atoms with van der Waals surface area (Å²) in [7, 11) is 0. The van der Waals surface area contributed by atoms with Gasteiger partial charge in [0.1, 0.15) is 23.4 Å². The summed E-state index contributed by atoms with van der Waals surface area (Å²) < 4.78 is 5.36. The number of carbonyl (C=O) groups excluding carboxylic acids is 4. The van der Waals surface area contributed by atoms with Gasteiger partial charge in [0.2, 0.25) is 11.8 Å². The third-order valence-corrected chi connectivity index (χ3v) is 6.48. The van der Waals surface area contributed by atoms with Crippen LogP contribution in [0, 0.1) is 13.8 Å². The van der Waals surface area contributed by atoms with E-state index in [0.717, 1.165) is 5.56 Å². The number of nitrogens with two attached hydrogens (primary N) is 1. The zero-order chi connectivity index (χ0) is 30.2. The van der Waals surface area contributed by atoms with Crippen LogP contribution in [-0.4, -0.2) is 51.5 Å². The number of primary amides is 1. The van der Waals surface area contributed by atoms with Gasteiger partial charge in [-0.3, -0.25) is 14.4 Å². The van der Waals surface area contributed by atoms with Crippen LogP contribution in [-0.2, 0) is 19.1 Å². The van der Waals surface area contributed by atoms with Gasteiger partial charge in [-0.25, -0.2) is 4.79 Å². The van der Waals surface area contributed by atoms with Crippen LogP contribution in [0.2, 0.25) is 0 Å². The van der Waals surface area contributed by atoms with Crippen molar-refractivity contribution in [1.29, 1.82) is 0 Å². The lowest BCUT2D eigenvalue weighted by atomic mass is 9.96. The summed E-state index contributed by atoms with van der Waals surface area (Å²) in [5, 5.41) is 16.5. The zero-order valence-corrected chi connectivity index (χ0v) is 24.4. The molecule has 10 heteroatoms. The summed E-state index contributed by atoms with van der Waals surface area (Å²) in [6.45, 7) is 12.2. The number of aryl methyl sites for hydroxylation is 2. The number of benzene rings is 2. The van der Waals surface area contributed by atoms with Crippen molar-refractivity contribution >= 4 is 29.5 Å². The second kappa shape index (κ2) is 13.8. The Morgan fingerprint density at radius 2 is 1.65 bits per heavy atom. The fraction of sp³-hybridized carbons (Fsp3) is 0.467. The molecule has 10 nitrogen and oxygen atoms in total. The molecule has 218 valence electrons. The molecule has 0 radical (unpaired) electrons. The fourth-order valence-electron chi connectivity index (χ4n) is 4.20. The highest BCUT2D eigenvalue weighted by atomic mass is 16.6. The third kappa shape index (κ3) is 8.72. The highest BCUT2D eigenvalue weighted by molar-refractivity contribution is 6.00. The summed E-state index contributed by atoms with van der Waals surface area (Å²) in [6, 6.07) is 9.21. The van der Waals surface area contributed by atoms with E-state index in [-0.39, 0.29) is 24.2 Å². The van der Waals surface area contributed by atoms with Crippen LogP contribution >= 0.6 is 0 Å². The molecule has 0 spiro atoms. The Bertz CT molecular complexity index is 1220. The number of alkyl carbamates (subject to hydrolysis) is 1. The molecule has 0 aromatic heterocycles. The molecular formula is C30H42N4O6. The van der Waals surface area contributed by atoms with E-state index in [1.807, 2.05) is 26.0 Å². The summed E-state index contributed by atoms with van der Waals surface area (Å²) in [6.07, 6.45) is -0.678. The molecule has 3 unspecified atom stereocenters. The molecule has 0 aliphatic heterocycles. The minimum absolute atomic E-state index is 0.105. The molecular weight excluding hydrogens is 512 g/mol. The Morgan fingerprint density at radius 1 is 1.02 bits per heavy atom. The molecule has 2 aromatic rings. The number of nitrogens with one attached hydrogen (secondary N) is 2. The Balaban J connectivity index is 2.64. The quantitative estimate of drug-likeness (QED) is 0.322. The number of nitrogens with zero attached hydrogens (tertiary/aromatic N) is 1. The van der Waals surface area contributed by atoms with E-state index in [4.69, 9.17) is 10.5 Å². The summed E-state index contributed by atoms with van der Waals surface area (Å²) >= 11 is 0. The first-order chi connectivity index (χ1) is 18.7. The molecule has 0 fully saturated rings. The maximum atomic E-state index is 14.2. The number of aromatic hydroxyl groups is 1. The van der Waals surface area contributed by atoms with Gasteiger partial charge in [-0.15, -0.1) is 0 Å². The van der Waals surface area contributed by atoms with Crippen molar-refractivity contribution in [2.24, 2.45) is 5.73 Å². The number of phenolic OH excluding ortho intramolecular Hbond substituents is 1. The highest BCUT2D eigenvalue weighted by Crippen LogP contribution is 2.35. The van der Waals surface area contributed by atoms with Gasteiger partial charge in [0.15, 0.2) is 0 Å². The van der Waals surface area contributed by atoms with Crippen molar-refractivity contribution in [1.82, 2.24) is 10.2 Å². The highest BCUT2D eigenvalue weighted by Gasteiger charge is 2.40. The van der Waals surface area contributed by atoms with E-state index < -0.39 is 47.5 Å². The Kier molecular flexibility index (Phi) is 11.1. The average Bonchev–Trinajstić information content (AvgIpc) is 2.86. The lowest BCUT2D eigenvalue weighted by Gasteiger charge is -2.38. The summed E-state index contributed by atoms with van der Waals surface area (Å²) in [5.41, 5.74) is 6.66. The summed E-state index contributed by atoms with van der Waals surface area (Å²) in [4.78, 5) is 53.9. The molecule has 5 N–H and O–H groups in total.